The Bertz CT molecular complexity index is 429. The van der Waals surface area contributed by atoms with E-state index in [1.54, 1.807) is 0 Å². The van der Waals surface area contributed by atoms with Crippen molar-refractivity contribution < 1.29 is 24.6 Å². The lowest BCUT2D eigenvalue weighted by molar-refractivity contribution is -0.153. The number of rotatable bonds is 6. The second-order valence-electron chi connectivity index (χ2n) is 3.66. The van der Waals surface area contributed by atoms with Gasteiger partial charge in [-0.25, -0.2) is 9.59 Å². The Labute approximate surface area is 103 Å². The second kappa shape index (κ2) is 6.39. The molecule has 0 fully saturated rings. The molecule has 1 aromatic carbocycles. The SMILES string of the molecule is O=C(CCc1ccccc1)NC(C(=O)O)C(=O)O. The van der Waals surface area contributed by atoms with E-state index < -0.39 is 23.9 Å². The van der Waals surface area contributed by atoms with Gasteiger partial charge in [0.25, 0.3) is 0 Å². The van der Waals surface area contributed by atoms with Crippen LogP contribution in [0.5, 0.6) is 0 Å². The van der Waals surface area contributed by atoms with Crippen LogP contribution in [0.4, 0.5) is 0 Å². The highest BCUT2D eigenvalue weighted by Crippen LogP contribution is 2.02. The van der Waals surface area contributed by atoms with Crippen molar-refractivity contribution in [1.82, 2.24) is 5.32 Å². The standard InChI is InChI=1S/C12H13NO5/c14-9(13-10(11(15)16)12(17)18)7-6-8-4-2-1-3-5-8/h1-5,10H,6-7H2,(H,13,14)(H,15,16)(H,17,18). The molecule has 1 rings (SSSR count). The van der Waals surface area contributed by atoms with Crippen molar-refractivity contribution in [1.29, 1.82) is 0 Å². The molecule has 0 saturated carbocycles. The first kappa shape index (κ1) is 13.7. The lowest BCUT2D eigenvalue weighted by Gasteiger charge is -2.09. The predicted octanol–water partition coefficient (Wildman–Crippen LogP) is 0.273. The monoisotopic (exact) mass is 251 g/mol. The van der Waals surface area contributed by atoms with E-state index in [1.165, 1.54) is 0 Å². The quantitative estimate of drug-likeness (QED) is 0.630. The van der Waals surface area contributed by atoms with Gasteiger partial charge in [-0.3, -0.25) is 4.79 Å². The normalized spacial score (nSPS) is 10.1. The zero-order chi connectivity index (χ0) is 13.5. The highest BCUT2D eigenvalue weighted by molar-refractivity contribution is 6.00. The van der Waals surface area contributed by atoms with Crippen LogP contribution in [0, 0.1) is 0 Å². The summed E-state index contributed by atoms with van der Waals surface area (Å²) in [4.78, 5) is 32.5. The van der Waals surface area contributed by atoms with E-state index in [1.807, 2.05) is 35.6 Å². The van der Waals surface area contributed by atoms with Crippen LogP contribution in [-0.4, -0.2) is 34.1 Å². The summed E-state index contributed by atoms with van der Waals surface area (Å²) in [5.74, 6) is -3.78. The molecule has 0 aliphatic heterocycles. The predicted molar refractivity (Wildman–Crippen MR) is 62.0 cm³/mol. The minimum atomic E-state index is -1.90. The number of aliphatic carboxylic acids is 2. The van der Waals surface area contributed by atoms with Gasteiger partial charge in [-0.05, 0) is 12.0 Å². The largest absolute Gasteiger partial charge is 0.479 e. The summed E-state index contributed by atoms with van der Waals surface area (Å²) in [5, 5.41) is 19.1. The first-order chi connectivity index (χ1) is 8.50. The third-order valence-corrected chi connectivity index (χ3v) is 2.28. The summed E-state index contributed by atoms with van der Waals surface area (Å²) in [6.45, 7) is 0. The van der Waals surface area contributed by atoms with Crippen molar-refractivity contribution in [3.63, 3.8) is 0 Å². The average Bonchev–Trinajstić information content (AvgIpc) is 2.34. The van der Waals surface area contributed by atoms with Gasteiger partial charge >= 0.3 is 11.9 Å². The van der Waals surface area contributed by atoms with Crippen LogP contribution in [-0.2, 0) is 20.8 Å². The average molecular weight is 251 g/mol. The van der Waals surface area contributed by atoms with Gasteiger partial charge in [0.1, 0.15) is 0 Å². The summed E-state index contributed by atoms with van der Waals surface area (Å²) < 4.78 is 0. The third-order valence-electron chi connectivity index (χ3n) is 2.28. The van der Waals surface area contributed by atoms with E-state index in [-0.39, 0.29) is 6.42 Å². The third kappa shape index (κ3) is 4.25. The molecule has 0 aliphatic rings. The molecular weight excluding hydrogens is 238 g/mol. The van der Waals surface area contributed by atoms with Crippen molar-refractivity contribution in [3.8, 4) is 0 Å². The molecule has 0 radical (unpaired) electrons. The van der Waals surface area contributed by atoms with Crippen molar-refractivity contribution in [3.05, 3.63) is 35.9 Å². The minimum Gasteiger partial charge on any atom is -0.479 e. The molecule has 0 unspecified atom stereocenters. The number of carbonyl (C=O) groups excluding carboxylic acids is 1. The molecule has 0 aromatic heterocycles. The van der Waals surface area contributed by atoms with Gasteiger partial charge in [0.2, 0.25) is 11.9 Å². The van der Waals surface area contributed by atoms with Crippen LogP contribution >= 0.6 is 0 Å². The van der Waals surface area contributed by atoms with Crippen LogP contribution in [0.2, 0.25) is 0 Å². The molecule has 1 aromatic rings. The van der Waals surface area contributed by atoms with Crippen LogP contribution in [0.3, 0.4) is 0 Å². The Morgan fingerprint density at radius 2 is 1.61 bits per heavy atom. The summed E-state index contributed by atoms with van der Waals surface area (Å²) in [6.07, 6.45) is 0.472. The Morgan fingerprint density at radius 1 is 1.06 bits per heavy atom. The smallest absolute Gasteiger partial charge is 0.338 e. The number of hydrogen-bond acceptors (Lipinski definition) is 3. The Hall–Kier alpha value is -2.37. The van der Waals surface area contributed by atoms with E-state index in [4.69, 9.17) is 10.2 Å². The number of carbonyl (C=O) groups is 3. The maximum Gasteiger partial charge on any atom is 0.338 e. The van der Waals surface area contributed by atoms with Crippen LogP contribution < -0.4 is 5.32 Å². The fraction of sp³-hybridized carbons (Fsp3) is 0.250. The van der Waals surface area contributed by atoms with Gasteiger partial charge in [0.15, 0.2) is 0 Å². The number of hydrogen-bond donors (Lipinski definition) is 3. The van der Waals surface area contributed by atoms with E-state index in [0.29, 0.717) is 6.42 Å². The molecule has 96 valence electrons. The second-order valence-corrected chi connectivity index (χ2v) is 3.66. The van der Waals surface area contributed by atoms with Crippen molar-refractivity contribution in [2.24, 2.45) is 0 Å². The lowest BCUT2D eigenvalue weighted by atomic mass is 10.1. The highest BCUT2D eigenvalue weighted by atomic mass is 16.4. The van der Waals surface area contributed by atoms with Gasteiger partial charge in [-0.2, -0.15) is 0 Å². The maximum absolute atomic E-state index is 11.4. The Kier molecular flexibility index (Phi) is 4.86. The summed E-state index contributed by atoms with van der Waals surface area (Å²) in [6, 6.07) is 7.26. The number of carboxylic acids is 2. The summed E-state index contributed by atoms with van der Waals surface area (Å²) >= 11 is 0. The molecule has 0 saturated heterocycles. The molecule has 0 atom stereocenters. The topological polar surface area (TPSA) is 104 Å². The number of aryl methyl sites for hydroxylation is 1. The molecule has 18 heavy (non-hydrogen) atoms. The Morgan fingerprint density at radius 3 is 2.11 bits per heavy atom. The zero-order valence-corrected chi connectivity index (χ0v) is 9.50. The van der Waals surface area contributed by atoms with Crippen molar-refractivity contribution in [2.75, 3.05) is 0 Å². The molecule has 0 bridgehead atoms. The fourth-order valence-electron chi connectivity index (χ4n) is 1.36. The molecule has 0 aliphatic carbocycles. The van der Waals surface area contributed by atoms with Crippen LogP contribution in [0.15, 0.2) is 30.3 Å². The lowest BCUT2D eigenvalue weighted by Crippen LogP contribution is -2.46. The van der Waals surface area contributed by atoms with Crippen LogP contribution in [0.25, 0.3) is 0 Å². The van der Waals surface area contributed by atoms with Gasteiger partial charge in [0.05, 0.1) is 0 Å². The number of amides is 1. The van der Waals surface area contributed by atoms with E-state index in [2.05, 4.69) is 0 Å². The summed E-state index contributed by atoms with van der Waals surface area (Å²) in [5.41, 5.74) is 0.926. The van der Waals surface area contributed by atoms with E-state index in [0.717, 1.165) is 5.56 Å². The first-order valence-corrected chi connectivity index (χ1v) is 5.29. The molecule has 1 amide bonds. The van der Waals surface area contributed by atoms with Gasteiger partial charge in [0, 0.05) is 6.42 Å². The minimum absolute atomic E-state index is 0.0427. The molecule has 0 spiro atoms. The molecular formula is C12H13NO5. The van der Waals surface area contributed by atoms with E-state index in [9.17, 15) is 14.4 Å². The number of carboxylic acid groups (broad SMARTS) is 2. The molecule has 6 heteroatoms. The fourth-order valence-corrected chi connectivity index (χ4v) is 1.36. The van der Waals surface area contributed by atoms with Crippen molar-refractivity contribution >= 4 is 17.8 Å². The van der Waals surface area contributed by atoms with Crippen LogP contribution in [0.1, 0.15) is 12.0 Å². The Balaban J connectivity index is 2.46. The highest BCUT2D eigenvalue weighted by Gasteiger charge is 2.27. The van der Waals surface area contributed by atoms with Gasteiger partial charge in [-0.15, -0.1) is 0 Å². The maximum atomic E-state index is 11.4. The van der Waals surface area contributed by atoms with Gasteiger partial charge < -0.3 is 15.5 Å². The molecule has 0 heterocycles. The molecule has 6 nitrogen and oxygen atoms in total. The molecule has 3 N–H and O–H groups in total. The number of nitrogens with one attached hydrogen (secondary N) is 1. The van der Waals surface area contributed by atoms with Gasteiger partial charge in [-0.1, -0.05) is 30.3 Å². The zero-order valence-electron chi connectivity index (χ0n) is 9.50. The van der Waals surface area contributed by atoms with Crippen molar-refractivity contribution in [2.45, 2.75) is 18.9 Å². The van der Waals surface area contributed by atoms with E-state index >= 15 is 0 Å². The number of benzene rings is 1. The first-order valence-electron chi connectivity index (χ1n) is 5.29. The summed E-state index contributed by atoms with van der Waals surface area (Å²) in [7, 11) is 0.